The second kappa shape index (κ2) is 5.16. The molecule has 0 spiro atoms. The molecule has 104 valence electrons. The molecule has 9 heteroatoms. The van der Waals surface area contributed by atoms with Crippen molar-refractivity contribution in [1.29, 1.82) is 0 Å². The van der Waals surface area contributed by atoms with Crippen molar-refractivity contribution in [2.75, 3.05) is 6.61 Å². The number of nitrogens with zero attached hydrogens (tertiary/aromatic N) is 1. The molecule has 2 aliphatic rings. The van der Waals surface area contributed by atoms with Gasteiger partial charge in [-0.3, -0.25) is 14.5 Å². The summed E-state index contributed by atoms with van der Waals surface area (Å²) in [6.45, 7) is 1.35. The number of esters is 1. The maximum absolute atomic E-state index is 11.8. The zero-order valence-corrected chi connectivity index (χ0v) is 12.6. The van der Waals surface area contributed by atoms with E-state index in [-0.39, 0.29) is 17.4 Å². The highest BCUT2D eigenvalue weighted by Crippen LogP contribution is 2.38. The highest BCUT2D eigenvalue weighted by atomic mass is 35.6. The van der Waals surface area contributed by atoms with E-state index in [9.17, 15) is 14.4 Å². The number of thioether (sulfide) groups is 1. The van der Waals surface area contributed by atoms with Crippen LogP contribution in [0, 0.1) is 0 Å². The molecule has 1 saturated heterocycles. The van der Waals surface area contributed by atoms with Gasteiger partial charge in [-0.1, -0.05) is 34.8 Å². The van der Waals surface area contributed by atoms with Crippen molar-refractivity contribution in [2.45, 2.75) is 21.3 Å². The average Bonchev–Trinajstić information content (AvgIpc) is 2.33. The van der Waals surface area contributed by atoms with E-state index in [0.717, 1.165) is 0 Å². The number of hydrogen-bond acceptors (Lipinski definition) is 5. The summed E-state index contributed by atoms with van der Waals surface area (Å²) in [5.74, 6) is -1.75. The zero-order valence-electron chi connectivity index (χ0n) is 9.56. The molecule has 0 aliphatic carbocycles. The van der Waals surface area contributed by atoms with Crippen LogP contribution in [0.1, 0.15) is 6.92 Å². The molecule has 2 rings (SSSR count). The van der Waals surface area contributed by atoms with E-state index >= 15 is 0 Å². The Morgan fingerprint density at radius 2 is 2.11 bits per heavy atom. The number of ketones is 1. The number of hydrogen-bond donors (Lipinski definition) is 0. The standard InChI is InChI=1S/C10H8Cl3NO4S/c1-4-5(9(17)18-3-10(11,12)13)2-14-7(16)6(15)8(14)19-4/h2,4,8H,3H2,1H3/t4?,8-/m1/s1. The minimum absolute atomic E-state index is 0.261. The fourth-order valence-corrected chi connectivity index (χ4v) is 2.99. The zero-order chi connectivity index (χ0) is 14.4. The van der Waals surface area contributed by atoms with Crippen molar-refractivity contribution in [3.63, 3.8) is 0 Å². The van der Waals surface area contributed by atoms with Crippen LogP contribution in [0.2, 0.25) is 0 Å². The van der Waals surface area contributed by atoms with Crippen LogP contribution < -0.4 is 0 Å². The number of amides is 1. The van der Waals surface area contributed by atoms with Crippen LogP contribution in [-0.2, 0) is 19.1 Å². The molecular formula is C10H8Cl3NO4S. The second-order valence-corrected chi connectivity index (χ2v) is 7.92. The van der Waals surface area contributed by atoms with Crippen LogP contribution in [0.5, 0.6) is 0 Å². The van der Waals surface area contributed by atoms with Gasteiger partial charge in [0, 0.05) is 11.4 Å². The van der Waals surface area contributed by atoms with Gasteiger partial charge < -0.3 is 4.74 Å². The Morgan fingerprint density at radius 3 is 2.68 bits per heavy atom. The van der Waals surface area contributed by atoms with E-state index in [1.807, 2.05) is 0 Å². The molecule has 0 aromatic rings. The second-order valence-electron chi connectivity index (χ2n) is 3.98. The number of Topliss-reactive ketones (excluding diaryl/α,β-unsaturated/α-hetero) is 1. The molecule has 0 N–H and O–H groups in total. The number of rotatable bonds is 2. The first-order valence-electron chi connectivity index (χ1n) is 5.18. The van der Waals surface area contributed by atoms with Crippen LogP contribution >= 0.6 is 46.6 Å². The Morgan fingerprint density at radius 1 is 1.47 bits per heavy atom. The smallest absolute Gasteiger partial charge is 0.336 e. The molecule has 0 radical (unpaired) electrons. The molecule has 1 unspecified atom stereocenters. The lowest BCUT2D eigenvalue weighted by atomic mass is 10.1. The van der Waals surface area contributed by atoms with Gasteiger partial charge in [-0.2, -0.15) is 0 Å². The predicted molar refractivity (Wildman–Crippen MR) is 72.0 cm³/mol. The highest BCUT2D eigenvalue weighted by molar-refractivity contribution is 8.01. The maximum atomic E-state index is 11.8. The van der Waals surface area contributed by atoms with Gasteiger partial charge in [0.2, 0.25) is 3.79 Å². The molecule has 2 aliphatic heterocycles. The van der Waals surface area contributed by atoms with Crippen LogP contribution in [0.15, 0.2) is 11.8 Å². The molecule has 1 fully saturated rings. The summed E-state index contributed by atoms with van der Waals surface area (Å²) in [7, 11) is 0. The number of fused-ring (bicyclic) bond motifs is 1. The third-order valence-corrected chi connectivity index (χ3v) is 4.26. The number of carbonyl (C=O) groups excluding carboxylic acids is 3. The molecule has 0 aromatic heterocycles. The summed E-state index contributed by atoms with van der Waals surface area (Å²) < 4.78 is 3.16. The lowest BCUT2D eigenvalue weighted by Gasteiger charge is -2.40. The van der Waals surface area contributed by atoms with Crippen molar-refractivity contribution in [3.05, 3.63) is 11.8 Å². The van der Waals surface area contributed by atoms with Crippen LogP contribution in [0.3, 0.4) is 0 Å². The van der Waals surface area contributed by atoms with Crippen molar-refractivity contribution in [3.8, 4) is 0 Å². The van der Waals surface area contributed by atoms with E-state index < -0.39 is 26.8 Å². The molecule has 1 amide bonds. The summed E-state index contributed by atoms with van der Waals surface area (Å²) >= 11 is 17.6. The van der Waals surface area contributed by atoms with Crippen LogP contribution in [-0.4, -0.2) is 43.6 Å². The summed E-state index contributed by atoms with van der Waals surface area (Å²) in [6.07, 6.45) is 1.33. The SMILES string of the molecule is CC1S[C@@H]2C(=O)C(=O)N2C=C1C(=O)OCC(Cl)(Cl)Cl. The van der Waals surface area contributed by atoms with Gasteiger partial charge in [-0.15, -0.1) is 11.8 Å². The molecule has 0 saturated carbocycles. The van der Waals surface area contributed by atoms with E-state index in [1.165, 1.54) is 22.9 Å². The predicted octanol–water partition coefficient (Wildman–Crippen LogP) is 1.66. The van der Waals surface area contributed by atoms with E-state index in [0.29, 0.717) is 0 Å². The lowest BCUT2D eigenvalue weighted by molar-refractivity contribution is -0.153. The number of alkyl halides is 3. The van der Waals surface area contributed by atoms with Gasteiger partial charge in [0.25, 0.3) is 11.7 Å². The highest BCUT2D eigenvalue weighted by Gasteiger charge is 2.50. The molecule has 19 heavy (non-hydrogen) atoms. The summed E-state index contributed by atoms with van der Waals surface area (Å²) in [4.78, 5) is 35.6. The van der Waals surface area contributed by atoms with Crippen molar-refractivity contribution in [1.82, 2.24) is 4.90 Å². The number of β-lactam (4-membered cyclic amide) rings is 1. The first-order chi connectivity index (χ1) is 8.70. The monoisotopic (exact) mass is 343 g/mol. The van der Waals surface area contributed by atoms with Crippen LogP contribution in [0.25, 0.3) is 0 Å². The first-order valence-corrected chi connectivity index (χ1v) is 7.26. The first kappa shape index (κ1) is 15.0. The topological polar surface area (TPSA) is 63.7 Å². The Labute approximate surface area is 128 Å². The van der Waals surface area contributed by atoms with E-state index in [1.54, 1.807) is 6.92 Å². The number of halogens is 3. The van der Waals surface area contributed by atoms with Gasteiger partial charge >= 0.3 is 5.97 Å². The quantitative estimate of drug-likeness (QED) is 0.330. The largest absolute Gasteiger partial charge is 0.458 e. The van der Waals surface area contributed by atoms with Gasteiger partial charge in [-0.25, -0.2) is 4.79 Å². The molecule has 0 bridgehead atoms. The van der Waals surface area contributed by atoms with Crippen molar-refractivity contribution >= 4 is 64.2 Å². The Balaban J connectivity index is 2.07. The van der Waals surface area contributed by atoms with Crippen molar-refractivity contribution in [2.24, 2.45) is 0 Å². The minimum atomic E-state index is -1.69. The van der Waals surface area contributed by atoms with Gasteiger partial charge in [0.05, 0.1) is 5.57 Å². The van der Waals surface area contributed by atoms with Crippen molar-refractivity contribution < 1.29 is 19.1 Å². The average molecular weight is 345 g/mol. The Bertz CT molecular complexity index is 488. The molecule has 2 atom stereocenters. The molecule has 5 nitrogen and oxygen atoms in total. The fraction of sp³-hybridized carbons (Fsp3) is 0.500. The number of carbonyl (C=O) groups is 3. The maximum Gasteiger partial charge on any atom is 0.336 e. The minimum Gasteiger partial charge on any atom is -0.458 e. The summed E-state index contributed by atoms with van der Waals surface area (Å²) in [5, 5.41) is -0.812. The van der Waals surface area contributed by atoms with Gasteiger partial charge in [-0.05, 0) is 6.92 Å². The van der Waals surface area contributed by atoms with Gasteiger partial charge in [0.1, 0.15) is 6.61 Å². The van der Waals surface area contributed by atoms with Crippen LogP contribution in [0.4, 0.5) is 0 Å². The molecular weight excluding hydrogens is 337 g/mol. The third kappa shape index (κ3) is 3.02. The normalized spacial score (nSPS) is 26.5. The fourth-order valence-electron chi connectivity index (χ4n) is 1.62. The summed E-state index contributed by atoms with van der Waals surface area (Å²) in [6, 6.07) is 0. The Kier molecular flexibility index (Phi) is 4.07. The number of ether oxygens (including phenoxy) is 1. The van der Waals surface area contributed by atoms with E-state index in [4.69, 9.17) is 39.5 Å². The molecule has 2 heterocycles. The van der Waals surface area contributed by atoms with Gasteiger partial charge in [0.15, 0.2) is 5.37 Å². The summed E-state index contributed by atoms with van der Waals surface area (Å²) in [5.41, 5.74) is 0.261. The Hall–Kier alpha value is -0.430. The lowest BCUT2D eigenvalue weighted by Crippen LogP contribution is -2.59. The van der Waals surface area contributed by atoms with E-state index in [2.05, 4.69) is 0 Å². The molecule has 0 aromatic carbocycles. The third-order valence-electron chi connectivity index (χ3n) is 2.57.